The number of hydrogen-bond acceptors (Lipinski definition) is 3. The van der Waals surface area contributed by atoms with Gasteiger partial charge in [0.1, 0.15) is 11.5 Å². The lowest BCUT2D eigenvalue weighted by Crippen LogP contribution is -2.19. The van der Waals surface area contributed by atoms with Gasteiger partial charge >= 0.3 is 6.61 Å². The maximum absolute atomic E-state index is 12.4. The zero-order valence-electron chi connectivity index (χ0n) is 11.6. The highest BCUT2D eigenvalue weighted by Gasteiger charge is 2.13. The van der Waals surface area contributed by atoms with E-state index < -0.39 is 6.61 Å². The number of nitrogens with one attached hydrogen (secondary N) is 1. The molecule has 1 N–H and O–H groups in total. The fourth-order valence-electron chi connectivity index (χ4n) is 1.89. The van der Waals surface area contributed by atoms with Crippen LogP contribution in [0.2, 0.25) is 0 Å². The van der Waals surface area contributed by atoms with Gasteiger partial charge in [0.05, 0.1) is 12.8 Å². The minimum atomic E-state index is -2.83. The van der Waals surface area contributed by atoms with E-state index in [1.165, 1.54) is 13.2 Å². The Hall–Kier alpha value is -1.52. The molecule has 0 saturated carbocycles. The topological polar surface area (TPSA) is 30.5 Å². The second kappa shape index (κ2) is 7.81. The number of benzene rings is 1. The van der Waals surface area contributed by atoms with Gasteiger partial charge in [-0.25, -0.2) is 0 Å². The van der Waals surface area contributed by atoms with Crippen molar-refractivity contribution >= 4 is 5.69 Å². The Labute approximate surface area is 112 Å². The third-order valence-electron chi connectivity index (χ3n) is 2.89. The van der Waals surface area contributed by atoms with E-state index >= 15 is 0 Å². The molecule has 0 aliphatic heterocycles. The van der Waals surface area contributed by atoms with Crippen LogP contribution in [0.1, 0.15) is 33.1 Å². The van der Waals surface area contributed by atoms with E-state index in [1.54, 1.807) is 12.1 Å². The first-order valence-electron chi connectivity index (χ1n) is 6.50. The van der Waals surface area contributed by atoms with E-state index in [-0.39, 0.29) is 11.8 Å². The molecule has 3 nitrogen and oxygen atoms in total. The van der Waals surface area contributed by atoms with Crippen LogP contribution in [0.3, 0.4) is 0 Å². The van der Waals surface area contributed by atoms with Crippen LogP contribution in [0, 0.1) is 0 Å². The standard InChI is InChI=1S/C14H21F2NO2/c1-4-6-10(5-2)17-12-9-11(18-3)7-8-13(12)19-14(15)16/h7-10,14,17H,4-6H2,1-3H3. The van der Waals surface area contributed by atoms with Crippen molar-refractivity contribution < 1.29 is 18.3 Å². The normalized spacial score (nSPS) is 12.3. The van der Waals surface area contributed by atoms with Gasteiger partial charge in [0, 0.05) is 12.1 Å². The number of rotatable bonds is 8. The third-order valence-corrected chi connectivity index (χ3v) is 2.89. The predicted molar refractivity (Wildman–Crippen MR) is 72.2 cm³/mol. The second-order valence-electron chi connectivity index (χ2n) is 4.28. The van der Waals surface area contributed by atoms with Gasteiger partial charge in [-0.2, -0.15) is 8.78 Å². The van der Waals surface area contributed by atoms with Gasteiger partial charge in [-0.3, -0.25) is 0 Å². The molecule has 1 aromatic carbocycles. The summed E-state index contributed by atoms with van der Waals surface area (Å²) in [6.45, 7) is 1.31. The number of anilines is 1. The number of halogens is 2. The molecule has 0 fully saturated rings. The minimum absolute atomic E-state index is 0.144. The van der Waals surface area contributed by atoms with Crippen LogP contribution in [0.5, 0.6) is 11.5 Å². The fraction of sp³-hybridized carbons (Fsp3) is 0.571. The molecule has 0 amide bonds. The third kappa shape index (κ3) is 4.93. The van der Waals surface area contributed by atoms with Gasteiger partial charge in [0.25, 0.3) is 0 Å². The number of ether oxygens (including phenoxy) is 2. The summed E-state index contributed by atoms with van der Waals surface area (Å²) >= 11 is 0. The molecule has 19 heavy (non-hydrogen) atoms. The SMILES string of the molecule is CCCC(CC)Nc1cc(OC)ccc1OC(F)F. The van der Waals surface area contributed by atoms with Crippen molar-refractivity contribution in [3.05, 3.63) is 18.2 Å². The van der Waals surface area contributed by atoms with Crippen molar-refractivity contribution in [2.24, 2.45) is 0 Å². The highest BCUT2D eigenvalue weighted by atomic mass is 19.3. The van der Waals surface area contributed by atoms with Crippen molar-refractivity contribution in [1.82, 2.24) is 0 Å². The van der Waals surface area contributed by atoms with E-state index in [0.29, 0.717) is 11.4 Å². The molecule has 0 aromatic heterocycles. The predicted octanol–water partition coefficient (Wildman–Crippen LogP) is 4.29. The van der Waals surface area contributed by atoms with Gasteiger partial charge in [0.15, 0.2) is 0 Å². The van der Waals surface area contributed by atoms with Crippen LogP contribution >= 0.6 is 0 Å². The van der Waals surface area contributed by atoms with Crippen LogP contribution in [0.4, 0.5) is 14.5 Å². The average molecular weight is 273 g/mol. The summed E-state index contributed by atoms with van der Waals surface area (Å²) < 4.78 is 34.4. The van der Waals surface area contributed by atoms with Gasteiger partial charge in [-0.05, 0) is 25.0 Å². The van der Waals surface area contributed by atoms with Gasteiger partial charge in [-0.15, -0.1) is 0 Å². The second-order valence-corrected chi connectivity index (χ2v) is 4.28. The van der Waals surface area contributed by atoms with E-state index in [4.69, 9.17) is 4.74 Å². The van der Waals surface area contributed by atoms with Crippen LogP contribution in [-0.2, 0) is 0 Å². The Kier molecular flexibility index (Phi) is 6.39. The highest BCUT2D eigenvalue weighted by Crippen LogP contribution is 2.31. The van der Waals surface area contributed by atoms with E-state index in [2.05, 4.69) is 23.9 Å². The lowest BCUT2D eigenvalue weighted by Gasteiger charge is -2.20. The minimum Gasteiger partial charge on any atom is -0.497 e. The van der Waals surface area contributed by atoms with Gasteiger partial charge < -0.3 is 14.8 Å². The molecule has 5 heteroatoms. The summed E-state index contributed by atoms with van der Waals surface area (Å²) in [6, 6.07) is 5.00. The van der Waals surface area contributed by atoms with Gasteiger partial charge in [0.2, 0.25) is 0 Å². The molecule has 1 aromatic rings. The first kappa shape index (κ1) is 15.5. The summed E-state index contributed by atoms with van der Waals surface area (Å²) in [5.74, 6) is 0.751. The molecule has 0 aliphatic carbocycles. The quantitative estimate of drug-likeness (QED) is 0.766. The van der Waals surface area contributed by atoms with Crippen LogP contribution in [-0.4, -0.2) is 19.8 Å². The zero-order valence-corrected chi connectivity index (χ0v) is 11.6. The molecule has 0 spiro atoms. The molecule has 0 bridgehead atoms. The maximum atomic E-state index is 12.4. The van der Waals surface area contributed by atoms with Crippen LogP contribution in [0.15, 0.2) is 18.2 Å². The molecule has 0 heterocycles. The van der Waals surface area contributed by atoms with Gasteiger partial charge in [-0.1, -0.05) is 20.3 Å². The molecular formula is C14H21F2NO2. The zero-order chi connectivity index (χ0) is 14.3. The summed E-state index contributed by atoms with van der Waals surface area (Å²) in [4.78, 5) is 0. The highest BCUT2D eigenvalue weighted by molar-refractivity contribution is 5.60. The van der Waals surface area contributed by atoms with E-state index in [1.807, 2.05) is 0 Å². The lowest BCUT2D eigenvalue weighted by molar-refractivity contribution is -0.0494. The Morgan fingerprint density at radius 2 is 2.00 bits per heavy atom. The van der Waals surface area contributed by atoms with Crippen molar-refractivity contribution in [1.29, 1.82) is 0 Å². The maximum Gasteiger partial charge on any atom is 0.387 e. The smallest absolute Gasteiger partial charge is 0.387 e. The molecule has 0 saturated heterocycles. The van der Waals surface area contributed by atoms with Crippen molar-refractivity contribution in [3.8, 4) is 11.5 Å². The van der Waals surface area contributed by atoms with Crippen molar-refractivity contribution in [2.75, 3.05) is 12.4 Å². The Bertz CT molecular complexity index is 386. The summed E-state index contributed by atoms with van der Waals surface area (Å²) in [5.41, 5.74) is 0.542. The molecule has 1 rings (SSSR count). The molecule has 0 aliphatic rings. The Balaban J connectivity index is 2.92. The summed E-state index contributed by atoms with van der Waals surface area (Å²) in [7, 11) is 1.54. The summed E-state index contributed by atoms with van der Waals surface area (Å²) in [6.07, 6.45) is 2.92. The Morgan fingerprint density at radius 3 is 2.53 bits per heavy atom. The van der Waals surface area contributed by atoms with E-state index in [0.717, 1.165) is 19.3 Å². The number of alkyl halides is 2. The number of methoxy groups -OCH3 is 1. The average Bonchev–Trinajstić information content (AvgIpc) is 2.39. The lowest BCUT2D eigenvalue weighted by atomic mass is 10.1. The van der Waals surface area contributed by atoms with Crippen molar-refractivity contribution in [3.63, 3.8) is 0 Å². The molecule has 108 valence electrons. The first-order valence-corrected chi connectivity index (χ1v) is 6.50. The largest absolute Gasteiger partial charge is 0.497 e. The molecular weight excluding hydrogens is 252 g/mol. The van der Waals surface area contributed by atoms with Crippen molar-refractivity contribution in [2.45, 2.75) is 45.8 Å². The fourth-order valence-corrected chi connectivity index (χ4v) is 1.89. The molecule has 1 atom stereocenters. The number of hydrogen-bond donors (Lipinski definition) is 1. The van der Waals surface area contributed by atoms with E-state index in [9.17, 15) is 8.78 Å². The van der Waals surface area contributed by atoms with Crippen LogP contribution in [0.25, 0.3) is 0 Å². The Morgan fingerprint density at radius 1 is 1.26 bits per heavy atom. The monoisotopic (exact) mass is 273 g/mol. The summed E-state index contributed by atoms with van der Waals surface area (Å²) in [5, 5.41) is 3.24. The molecule has 1 unspecified atom stereocenters. The first-order chi connectivity index (χ1) is 9.10. The van der Waals surface area contributed by atoms with Crippen LogP contribution < -0.4 is 14.8 Å². The molecule has 0 radical (unpaired) electrons.